The summed E-state index contributed by atoms with van der Waals surface area (Å²) in [6, 6.07) is 6.19. The van der Waals surface area contributed by atoms with E-state index in [4.69, 9.17) is 4.74 Å². The first kappa shape index (κ1) is 14.5. The molecule has 0 radical (unpaired) electrons. The molecule has 1 fully saturated rings. The second kappa shape index (κ2) is 6.16. The number of anilines is 1. The molecule has 1 heterocycles. The molecule has 2 unspecified atom stereocenters. The highest BCUT2D eigenvalue weighted by Gasteiger charge is 2.26. The molecule has 4 heteroatoms. The zero-order valence-corrected chi connectivity index (χ0v) is 12.9. The highest BCUT2D eigenvalue weighted by Crippen LogP contribution is 2.25. The van der Waals surface area contributed by atoms with E-state index in [1.54, 1.807) is 0 Å². The minimum absolute atomic E-state index is 0.0713. The molecule has 21 heavy (non-hydrogen) atoms. The number of ether oxygens (including phenoxy) is 1. The highest BCUT2D eigenvalue weighted by atomic mass is 16.5. The summed E-state index contributed by atoms with van der Waals surface area (Å²) in [7, 11) is 0. The zero-order valence-electron chi connectivity index (χ0n) is 12.9. The van der Waals surface area contributed by atoms with Crippen LogP contribution in [-0.2, 0) is 22.4 Å². The summed E-state index contributed by atoms with van der Waals surface area (Å²) in [5, 5.41) is 3.06. The average Bonchev–Trinajstić information content (AvgIpc) is 2.94. The summed E-state index contributed by atoms with van der Waals surface area (Å²) in [4.78, 5) is 14.6. The van der Waals surface area contributed by atoms with E-state index in [1.165, 1.54) is 24.0 Å². The zero-order chi connectivity index (χ0) is 14.8. The fraction of sp³-hybridized carbons (Fsp3) is 0.588. The van der Waals surface area contributed by atoms with Gasteiger partial charge in [0.05, 0.1) is 18.8 Å². The van der Waals surface area contributed by atoms with Crippen LogP contribution in [0.4, 0.5) is 5.69 Å². The van der Waals surface area contributed by atoms with Crippen LogP contribution in [0.2, 0.25) is 0 Å². The summed E-state index contributed by atoms with van der Waals surface area (Å²) in [5.74, 6) is 0.0713. The standard InChI is InChI=1S/C17H24N2O2/c1-12-11-19(8-9-21-12)13(2)17(20)18-16-7-6-14-4-3-5-15(14)10-16/h6-7,10,12-13H,3-5,8-9,11H2,1-2H3,(H,18,20). The maximum absolute atomic E-state index is 12.4. The molecule has 0 saturated carbocycles. The van der Waals surface area contributed by atoms with Gasteiger partial charge in [-0.15, -0.1) is 0 Å². The number of hydrogen-bond acceptors (Lipinski definition) is 3. The van der Waals surface area contributed by atoms with Crippen LogP contribution >= 0.6 is 0 Å². The number of benzene rings is 1. The molecular weight excluding hydrogens is 264 g/mol. The number of amides is 1. The lowest BCUT2D eigenvalue weighted by atomic mass is 10.1. The predicted octanol–water partition coefficient (Wildman–Crippen LogP) is 2.22. The van der Waals surface area contributed by atoms with Gasteiger partial charge in [-0.1, -0.05) is 6.07 Å². The number of rotatable bonds is 3. The molecule has 1 saturated heterocycles. The molecule has 1 aliphatic carbocycles. The Morgan fingerprint density at radius 2 is 2.19 bits per heavy atom. The summed E-state index contributed by atoms with van der Waals surface area (Å²) >= 11 is 0. The van der Waals surface area contributed by atoms with E-state index >= 15 is 0 Å². The number of carbonyl (C=O) groups is 1. The van der Waals surface area contributed by atoms with Gasteiger partial charge in [0.2, 0.25) is 5.91 Å². The van der Waals surface area contributed by atoms with Crippen LogP contribution in [0.25, 0.3) is 0 Å². The summed E-state index contributed by atoms with van der Waals surface area (Å²) < 4.78 is 5.53. The van der Waals surface area contributed by atoms with Crippen LogP contribution in [-0.4, -0.2) is 42.6 Å². The van der Waals surface area contributed by atoms with Gasteiger partial charge in [0, 0.05) is 18.8 Å². The third-order valence-electron chi connectivity index (χ3n) is 4.57. The van der Waals surface area contributed by atoms with Crippen LogP contribution in [0.3, 0.4) is 0 Å². The first-order chi connectivity index (χ1) is 10.1. The van der Waals surface area contributed by atoms with E-state index in [0.717, 1.165) is 25.2 Å². The van der Waals surface area contributed by atoms with Crippen molar-refractivity contribution in [2.75, 3.05) is 25.0 Å². The maximum atomic E-state index is 12.4. The van der Waals surface area contributed by atoms with Crippen LogP contribution in [0.15, 0.2) is 18.2 Å². The quantitative estimate of drug-likeness (QED) is 0.927. The van der Waals surface area contributed by atoms with Crippen molar-refractivity contribution in [3.63, 3.8) is 0 Å². The van der Waals surface area contributed by atoms with Crippen molar-refractivity contribution in [3.8, 4) is 0 Å². The van der Waals surface area contributed by atoms with E-state index in [9.17, 15) is 4.79 Å². The molecule has 2 aliphatic rings. The van der Waals surface area contributed by atoms with Gasteiger partial charge in [-0.25, -0.2) is 0 Å². The second-order valence-electron chi connectivity index (χ2n) is 6.18. The van der Waals surface area contributed by atoms with E-state index in [1.807, 2.05) is 13.0 Å². The molecule has 0 aromatic heterocycles. The Morgan fingerprint density at radius 3 is 3.00 bits per heavy atom. The SMILES string of the molecule is CC1CN(C(C)C(=O)Nc2ccc3c(c2)CCC3)CCO1. The third kappa shape index (κ3) is 3.27. The van der Waals surface area contributed by atoms with Gasteiger partial charge in [-0.2, -0.15) is 0 Å². The monoisotopic (exact) mass is 288 g/mol. The van der Waals surface area contributed by atoms with Gasteiger partial charge in [0.25, 0.3) is 0 Å². The smallest absolute Gasteiger partial charge is 0.241 e. The van der Waals surface area contributed by atoms with E-state index < -0.39 is 0 Å². The normalized spacial score (nSPS) is 23.6. The minimum atomic E-state index is -0.121. The fourth-order valence-corrected chi connectivity index (χ4v) is 3.26. The Labute approximate surface area is 126 Å². The molecule has 1 amide bonds. The second-order valence-corrected chi connectivity index (χ2v) is 6.18. The highest BCUT2D eigenvalue weighted by molar-refractivity contribution is 5.94. The van der Waals surface area contributed by atoms with Crippen LogP contribution in [0.1, 0.15) is 31.4 Å². The van der Waals surface area contributed by atoms with E-state index in [-0.39, 0.29) is 18.1 Å². The summed E-state index contributed by atoms with van der Waals surface area (Å²) in [6.07, 6.45) is 3.74. The minimum Gasteiger partial charge on any atom is -0.376 e. The number of hydrogen-bond donors (Lipinski definition) is 1. The molecular formula is C17H24N2O2. The molecule has 0 spiro atoms. The van der Waals surface area contributed by atoms with Crippen molar-refractivity contribution >= 4 is 11.6 Å². The predicted molar refractivity (Wildman–Crippen MR) is 83.5 cm³/mol. The van der Waals surface area contributed by atoms with Crippen LogP contribution in [0, 0.1) is 0 Å². The molecule has 114 valence electrons. The lowest BCUT2D eigenvalue weighted by molar-refractivity contribution is -0.123. The molecule has 4 nitrogen and oxygen atoms in total. The molecule has 1 aromatic rings. The number of fused-ring (bicyclic) bond motifs is 1. The Hall–Kier alpha value is -1.39. The first-order valence-electron chi connectivity index (χ1n) is 7.92. The Bertz CT molecular complexity index is 530. The van der Waals surface area contributed by atoms with Gasteiger partial charge < -0.3 is 10.1 Å². The van der Waals surface area contributed by atoms with Crippen molar-refractivity contribution in [1.29, 1.82) is 0 Å². The van der Waals surface area contributed by atoms with Gasteiger partial charge >= 0.3 is 0 Å². The first-order valence-corrected chi connectivity index (χ1v) is 7.92. The topological polar surface area (TPSA) is 41.6 Å². The Balaban J connectivity index is 1.62. The van der Waals surface area contributed by atoms with E-state index in [2.05, 4.69) is 29.3 Å². The number of aryl methyl sites for hydroxylation is 2. The van der Waals surface area contributed by atoms with Gasteiger partial charge in [-0.3, -0.25) is 9.69 Å². The lowest BCUT2D eigenvalue weighted by Gasteiger charge is -2.34. The molecule has 2 atom stereocenters. The lowest BCUT2D eigenvalue weighted by Crippen LogP contribution is -2.50. The Kier molecular flexibility index (Phi) is 4.27. The average molecular weight is 288 g/mol. The van der Waals surface area contributed by atoms with Crippen LogP contribution in [0.5, 0.6) is 0 Å². The van der Waals surface area contributed by atoms with Crippen molar-refractivity contribution < 1.29 is 9.53 Å². The van der Waals surface area contributed by atoms with Gasteiger partial charge in [0.15, 0.2) is 0 Å². The van der Waals surface area contributed by atoms with Gasteiger partial charge in [-0.05, 0) is 56.4 Å². The number of nitrogens with one attached hydrogen (secondary N) is 1. The number of morpholine rings is 1. The largest absolute Gasteiger partial charge is 0.376 e. The fourth-order valence-electron chi connectivity index (χ4n) is 3.26. The van der Waals surface area contributed by atoms with Gasteiger partial charge in [0.1, 0.15) is 0 Å². The van der Waals surface area contributed by atoms with Crippen molar-refractivity contribution in [3.05, 3.63) is 29.3 Å². The molecule has 1 N–H and O–H groups in total. The van der Waals surface area contributed by atoms with Crippen molar-refractivity contribution in [1.82, 2.24) is 4.90 Å². The molecule has 1 aliphatic heterocycles. The maximum Gasteiger partial charge on any atom is 0.241 e. The van der Waals surface area contributed by atoms with E-state index in [0.29, 0.717) is 6.61 Å². The molecule has 0 bridgehead atoms. The Morgan fingerprint density at radius 1 is 1.38 bits per heavy atom. The summed E-state index contributed by atoms with van der Waals surface area (Å²) in [6.45, 7) is 6.37. The number of nitrogens with zero attached hydrogens (tertiary/aromatic N) is 1. The molecule has 1 aromatic carbocycles. The number of carbonyl (C=O) groups excluding carboxylic acids is 1. The van der Waals surface area contributed by atoms with Crippen molar-refractivity contribution in [2.45, 2.75) is 45.3 Å². The third-order valence-corrected chi connectivity index (χ3v) is 4.57. The van der Waals surface area contributed by atoms with Crippen molar-refractivity contribution in [2.24, 2.45) is 0 Å². The molecule has 3 rings (SSSR count). The summed E-state index contributed by atoms with van der Waals surface area (Å²) in [5.41, 5.74) is 3.75. The van der Waals surface area contributed by atoms with Crippen LogP contribution < -0.4 is 5.32 Å².